The summed E-state index contributed by atoms with van der Waals surface area (Å²) < 4.78 is 4.83. The summed E-state index contributed by atoms with van der Waals surface area (Å²) in [6.07, 6.45) is 3.61. The maximum absolute atomic E-state index is 11.2. The van der Waals surface area contributed by atoms with Crippen LogP contribution >= 0.6 is 11.6 Å². The van der Waals surface area contributed by atoms with E-state index in [9.17, 15) is 4.79 Å². The van der Waals surface area contributed by atoms with Gasteiger partial charge in [-0.15, -0.1) is 11.6 Å². The van der Waals surface area contributed by atoms with Gasteiger partial charge in [0.2, 0.25) is 0 Å². The zero-order chi connectivity index (χ0) is 10.4. The van der Waals surface area contributed by atoms with Crippen molar-refractivity contribution in [1.82, 2.24) is 4.98 Å². The van der Waals surface area contributed by atoms with Crippen LogP contribution in [0.25, 0.3) is 6.08 Å². The van der Waals surface area contributed by atoms with Gasteiger partial charge >= 0.3 is 5.97 Å². The predicted molar refractivity (Wildman–Crippen MR) is 56.5 cm³/mol. The van der Waals surface area contributed by atoms with Crippen LogP contribution in [0.4, 0.5) is 0 Å². The zero-order valence-electron chi connectivity index (χ0n) is 7.92. The predicted octanol–water partition coefficient (Wildman–Crippen LogP) is 2.44. The topological polar surface area (TPSA) is 42.1 Å². The van der Waals surface area contributed by atoms with Gasteiger partial charge in [0.15, 0.2) is 0 Å². The molecule has 4 heteroatoms. The number of allylic oxidation sites excluding steroid dienone is 1. The number of hydrogen-bond acceptors (Lipinski definition) is 2. The summed E-state index contributed by atoms with van der Waals surface area (Å²) >= 11 is 5.48. The fourth-order valence-corrected chi connectivity index (χ4v) is 1.10. The van der Waals surface area contributed by atoms with Gasteiger partial charge in [-0.2, -0.15) is 0 Å². The van der Waals surface area contributed by atoms with Crippen molar-refractivity contribution in [2.75, 3.05) is 12.5 Å². The minimum Gasteiger partial charge on any atom is -0.461 e. The van der Waals surface area contributed by atoms with Crippen LogP contribution in [0.3, 0.4) is 0 Å². The van der Waals surface area contributed by atoms with E-state index in [0.717, 1.165) is 5.69 Å². The van der Waals surface area contributed by atoms with Crippen LogP contribution in [0.15, 0.2) is 18.2 Å². The highest BCUT2D eigenvalue weighted by molar-refractivity contribution is 6.19. The molecular formula is C10H12ClNO2. The Morgan fingerprint density at radius 1 is 1.64 bits per heavy atom. The van der Waals surface area contributed by atoms with Crippen LogP contribution in [-0.4, -0.2) is 23.4 Å². The Morgan fingerprint density at radius 3 is 3.07 bits per heavy atom. The Balaban J connectivity index is 2.67. The molecule has 0 aliphatic rings. The number of hydrogen-bond donors (Lipinski definition) is 1. The molecule has 0 saturated carbocycles. The van der Waals surface area contributed by atoms with Crippen LogP contribution in [0.1, 0.15) is 23.1 Å². The quantitative estimate of drug-likeness (QED) is 0.617. The molecule has 0 spiro atoms. The number of rotatable bonds is 4. The lowest BCUT2D eigenvalue weighted by Crippen LogP contribution is -2.04. The maximum atomic E-state index is 11.2. The number of H-pyrrole nitrogens is 1. The second-order valence-electron chi connectivity index (χ2n) is 2.60. The van der Waals surface area contributed by atoms with Gasteiger partial charge in [0, 0.05) is 11.6 Å². The molecule has 1 aromatic heterocycles. The second-order valence-corrected chi connectivity index (χ2v) is 2.91. The van der Waals surface area contributed by atoms with Crippen LogP contribution in [-0.2, 0) is 4.74 Å². The summed E-state index contributed by atoms with van der Waals surface area (Å²) in [7, 11) is 0. The fourth-order valence-electron chi connectivity index (χ4n) is 1.01. The van der Waals surface area contributed by atoms with E-state index in [2.05, 4.69) is 4.98 Å². The van der Waals surface area contributed by atoms with Crippen LogP contribution < -0.4 is 0 Å². The van der Waals surface area contributed by atoms with Crippen molar-refractivity contribution in [1.29, 1.82) is 0 Å². The number of esters is 1. The van der Waals surface area contributed by atoms with E-state index in [1.54, 1.807) is 25.1 Å². The molecule has 0 aromatic carbocycles. The maximum Gasteiger partial charge on any atom is 0.354 e. The number of nitrogens with one attached hydrogen (secondary N) is 1. The fraction of sp³-hybridized carbons (Fsp3) is 0.300. The van der Waals surface area contributed by atoms with Crippen molar-refractivity contribution < 1.29 is 9.53 Å². The highest BCUT2D eigenvalue weighted by Crippen LogP contribution is 2.05. The molecule has 0 atom stereocenters. The highest BCUT2D eigenvalue weighted by Gasteiger charge is 2.07. The molecule has 1 N–H and O–H groups in total. The first-order valence-electron chi connectivity index (χ1n) is 4.36. The van der Waals surface area contributed by atoms with E-state index >= 15 is 0 Å². The first-order valence-corrected chi connectivity index (χ1v) is 4.90. The van der Waals surface area contributed by atoms with Crippen LogP contribution in [0.5, 0.6) is 0 Å². The summed E-state index contributed by atoms with van der Waals surface area (Å²) in [4.78, 5) is 14.1. The van der Waals surface area contributed by atoms with Gasteiger partial charge in [-0.1, -0.05) is 6.08 Å². The van der Waals surface area contributed by atoms with Crippen LogP contribution in [0.2, 0.25) is 0 Å². The van der Waals surface area contributed by atoms with Gasteiger partial charge in [-0.05, 0) is 25.1 Å². The smallest absolute Gasteiger partial charge is 0.354 e. The van der Waals surface area contributed by atoms with E-state index in [0.29, 0.717) is 18.2 Å². The summed E-state index contributed by atoms with van der Waals surface area (Å²) in [5.41, 5.74) is 1.30. The number of aromatic amines is 1. The summed E-state index contributed by atoms with van der Waals surface area (Å²) in [6.45, 7) is 2.15. The SMILES string of the molecule is CCOC(=O)c1ccc(C=CCCl)[nH]1. The number of alkyl halides is 1. The second kappa shape index (κ2) is 5.50. The minimum absolute atomic E-state index is 0.335. The molecule has 0 saturated heterocycles. The number of carbonyl (C=O) groups excluding carboxylic acids is 1. The van der Waals surface area contributed by atoms with Crippen molar-refractivity contribution in [2.24, 2.45) is 0 Å². The first kappa shape index (κ1) is 10.9. The first-order chi connectivity index (χ1) is 6.77. The Kier molecular flexibility index (Phi) is 4.26. The molecule has 3 nitrogen and oxygen atoms in total. The van der Waals surface area contributed by atoms with Crippen LogP contribution in [0, 0.1) is 0 Å². The lowest BCUT2D eigenvalue weighted by Gasteiger charge is -1.97. The largest absolute Gasteiger partial charge is 0.461 e. The van der Waals surface area contributed by atoms with Gasteiger partial charge < -0.3 is 9.72 Å². The lowest BCUT2D eigenvalue weighted by atomic mass is 10.4. The normalized spacial score (nSPS) is 10.7. The highest BCUT2D eigenvalue weighted by atomic mass is 35.5. The number of halogens is 1. The van der Waals surface area contributed by atoms with E-state index in [1.807, 2.05) is 6.08 Å². The number of ether oxygens (including phenoxy) is 1. The van der Waals surface area contributed by atoms with Crippen molar-refractivity contribution >= 4 is 23.6 Å². The average molecular weight is 214 g/mol. The van der Waals surface area contributed by atoms with Crippen molar-refractivity contribution in [3.63, 3.8) is 0 Å². The molecule has 1 aromatic rings. The molecule has 1 rings (SSSR count). The average Bonchev–Trinajstić information content (AvgIpc) is 2.63. The summed E-state index contributed by atoms with van der Waals surface area (Å²) in [5, 5.41) is 0. The van der Waals surface area contributed by atoms with E-state index < -0.39 is 0 Å². The summed E-state index contributed by atoms with van der Waals surface area (Å²) in [6, 6.07) is 3.49. The third kappa shape index (κ3) is 2.92. The molecule has 0 bridgehead atoms. The Labute approximate surface area is 87.7 Å². The molecule has 0 fully saturated rings. The van der Waals surface area contributed by atoms with Crippen molar-refractivity contribution in [3.8, 4) is 0 Å². The standard InChI is InChI=1S/C10H12ClNO2/c1-2-14-10(13)9-6-5-8(12-9)4-3-7-11/h3-6,12H,2,7H2,1H3. The monoisotopic (exact) mass is 213 g/mol. The molecule has 76 valence electrons. The number of aromatic nitrogens is 1. The van der Waals surface area contributed by atoms with E-state index in [4.69, 9.17) is 16.3 Å². The molecule has 0 amide bonds. The molecule has 0 aliphatic heterocycles. The van der Waals surface area contributed by atoms with Gasteiger partial charge in [0.25, 0.3) is 0 Å². The van der Waals surface area contributed by atoms with Crippen molar-refractivity contribution in [2.45, 2.75) is 6.92 Å². The lowest BCUT2D eigenvalue weighted by molar-refractivity contribution is 0.0520. The van der Waals surface area contributed by atoms with Gasteiger partial charge in [-0.25, -0.2) is 4.79 Å². The third-order valence-corrected chi connectivity index (χ3v) is 1.77. The van der Waals surface area contributed by atoms with E-state index in [1.165, 1.54) is 0 Å². The van der Waals surface area contributed by atoms with Gasteiger partial charge in [0.1, 0.15) is 5.69 Å². The Morgan fingerprint density at radius 2 is 2.43 bits per heavy atom. The zero-order valence-corrected chi connectivity index (χ0v) is 8.67. The van der Waals surface area contributed by atoms with Crippen molar-refractivity contribution in [3.05, 3.63) is 29.6 Å². The molecule has 1 heterocycles. The molecule has 0 radical (unpaired) electrons. The van der Waals surface area contributed by atoms with Gasteiger partial charge in [-0.3, -0.25) is 0 Å². The molecular weight excluding hydrogens is 202 g/mol. The number of carbonyl (C=O) groups is 1. The van der Waals surface area contributed by atoms with E-state index in [-0.39, 0.29) is 5.97 Å². The Bertz CT molecular complexity index is 331. The summed E-state index contributed by atoms with van der Waals surface area (Å²) in [5.74, 6) is 0.117. The Hall–Kier alpha value is -1.22. The molecule has 0 unspecified atom stereocenters. The third-order valence-electron chi connectivity index (χ3n) is 1.59. The molecule has 14 heavy (non-hydrogen) atoms. The molecule has 0 aliphatic carbocycles. The van der Waals surface area contributed by atoms with Gasteiger partial charge in [0.05, 0.1) is 6.61 Å². The minimum atomic E-state index is -0.335.